The molecule has 10 nitrogen and oxygen atoms in total. The van der Waals surface area contributed by atoms with Gasteiger partial charge in [-0.2, -0.15) is 0 Å². The normalized spacial score (nSPS) is 14.1. The number of barbiturate groups is 1. The summed E-state index contributed by atoms with van der Waals surface area (Å²) in [6, 6.07) is 13.7. The number of ether oxygens (including phenoxy) is 3. The number of para-hydroxylation sites is 1. The molecule has 1 fully saturated rings. The third-order valence-corrected chi connectivity index (χ3v) is 6.63. The van der Waals surface area contributed by atoms with E-state index in [1.54, 1.807) is 18.2 Å². The molecule has 4 rings (SSSR count). The number of halogens is 2. The van der Waals surface area contributed by atoms with Crippen LogP contribution in [0.15, 0.2) is 60.2 Å². The van der Waals surface area contributed by atoms with Crippen molar-refractivity contribution in [2.24, 2.45) is 0 Å². The lowest BCUT2D eigenvalue weighted by molar-refractivity contribution is -0.122. The zero-order valence-corrected chi connectivity index (χ0v) is 24.5. The Bertz CT molecular complexity index is 1570. The topological polar surface area (TPSA) is 123 Å². The van der Waals surface area contributed by atoms with Crippen LogP contribution in [0.4, 0.5) is 16.2 Å². The predicted octanol–water partition coefficient (Wildman–Crippen LogP) is 5.78. The van der Waals surface area contributed by atoms with Gasteiger partial charge in [-0.3, -0.25) is 19.7 Å². The maximum Gasteiger partial charge on any atom is 0.335 e. The molecule has 0 saturated carbocycles. The summed E-state index contributed by atoms with van der Waals surface area (Å²) in [5.74, 6) is -1.37. The van der Waals surface area contributed by atoms with Gasteiger partial charge in [-0.05, 0) is 60.9 Å². The maximum atomic E-state index is 13.4. The van der Waals surface area contributed by atoms with E-state index in [2.05, 4.69) is 10.6 Å². The third kappa shape index (κ3) is 6.84. The lowest BCUT2D eigenvalue weighted by Crippen LogP contribution is -2.54. The van der Waals surface area contributed by atoms with Crippen LogP contribution in [0, 0.1) is 6.92 Å². The van der Waals surface area contributed by atoms with Crippen molar-refractivity contribution < 1.29 is 33.4 Å². The van der Waals surface area contributed by atoms with Crippen LogP contribution < -0.4 is 29.7 Å². The number of anilines is 2. The van der Waals surface area contributed by atoms with Crippen LogP contribution in [0.3, 0.4) is 0 Å². The lowest BCUT2D eigenvalue weighted by Gasteiger charge is -2.27. The summed E-state index contributed by atoms with van der Waals surface area (Å²) >= 11 is 12.8. The Kier molecular flexibility index (Phi) is 9.72. The van der Waals surface area contributed by atoms with Crippen LogP contribution in [0.25, 0.3) is 6.08 Å². The number of nitrogens with one attached hydrogen (secondary N) is 2. The Labute approximate surface area is 252 Å². The zero-order chi connectivity index (χ0) is 30.4. The highest BCUT2D eigenvalue weighted by atomic mass is 35.5. The molecule has 2 N–H and O–H groups in total. The predicted molar refractivity (Wildman–Crippen MR) is 160 cm³/mol. The van der Waals surface area contributed by atoms with Crippen molar-refractivity contribution in [3.63, 3.8) is 0 Å². The van der Waals surface area contributed by atoms with Gasteiger partial charge in [0.15, 0.2) is 23.9 Å². The largest absolute Gasteiger partial charge is 0.493 e. The first kappa shape index (κ1) is 30.4. The summed E-state index contributed by atoms with van der Waals surface area (Å²) < 4.78 is 16.5. The number of rotatable bonds is 10. The maximum absolute atomic E-state index is 13.4. The van der Waals surface area contributed by atoms with E-state index in [-0.39, 0.29) is 39.2 Å². The molecule has 0 aromatic heterocycles. The monoisotopic (exact) mass is 611 g/mol. The van der Waals surface area contributed by atoms with Gasteiger partial charge in [0.05, 0.1) is 29.4 Å². The summed E-state index contributed by atoms with van der Waals surface area (Å²) in [7, 11) is 1.43. The first-order valence-electron chi connectivity index (χ1n) is 12.8. The van der Waals surface area contributed by atoms with Gasteiger partial charge in [0.25, 0.3) is 17.7 Å². The van der Waals surface area contributed by atoms with Crippen LogP contribution in [0.1, 0.15) is 24.5 Å². The molecule has 1 saturated heterocycles. The molecule has 1 heterocycles. The molecule has 1 aliphatic heterocycles. The average Bonchev–Trinajstić information content (AvgIpc) is 2.95. The molecule has 3 aromatic carbocycles. The van der Waals surface area contributed by atoms with E-state index in [0.717, 1.165) is 16.9 Å². The molecule has 0 unspecified atom stereocenters. The van der Waals surface area contributed by atoms with E-state index in [1.807, 2.05) is 26.0 Å². The number of hydrogen-bond acceptors (Lipinski definition) is 7. The number of carbonyl (C=O) groups excluding carboxylic acids is 4. The minimum atomic E-state index is -0.921. The number of imide groups is 2. The molecule has 0 spiro atoms. The first-order valence-corrected chi connectivity index (χ1v) is 13.6. The van der Waals surface area contributed by atoms with Crippen LogP contribution in [-0.2, 0) is 14.4 Å². The van der Waals surface area contributed by atoms with Crippen LogP contribution >= 0.6 is 23.2 Å². The van der Waals surface area contributed by atoms with Crippen molar-refractivity contribution in [3.05, 3.63) is 81.3 Å². The molecule has 0 bridgehead atoms. The quantitative estimate of drug-likeness (QED) is 0.220. The molecule has 5 amide bonds. The smallest absolute Gasteiger partial charge is 0.335 e. The minimum Gasteiger partial charge on any atom is -0.493 e. The van der Waals surface area contributed by atoms with Crippen molar-refractivity contribution in [2.75, 3.05) is 30.5 Å². The van der Waals surface area contributed by atoms with Crippen molar-refractivity contribution >= 4 is 64.4 Å². The van der Waals surface area contributed by atoms with E-state index in [4.69, 9.17) is 37.4 Å². The van der Waals surface area contributed by atoms with E-state index < -0.39 is 23.8 Å². The molecule has 0 atom stereocenters. The van der Waals surface area contributed by atoms with Gasteiger partial charge in [0, 0.05) is 11.8 Å². The highest BCUT2D eigenvalue weighted by Gasteiger charge is 2.37. The van der Waals surface area contributed by atoms with E-state index in [9.17, 15) is 19.2 Å². The summed E-state index contributed by atoms with van der Waals surface area (Å²) in [5, 5.41) is 5.00. The Morgan fingerprint density at radius 2 is 1.71 bits per heavy atom. The van der Waals surface area contributed by atoms with Crippen molar-refractivity contribution in [1.29, 1.82) is 0 Å². The summed E-state index contributed by atoms with van der Waals surface area (Å²) in [4.78, 5) is 51.9. The zero-order valence-electron chi connectivity index (χ0n) is 23.0. The molecular formula is C30H27Cl2N3O7. The molecule has 0 aliphatic carbocycles. The average molecular weight is 612 g/mol. The number of urea groups is 1. The minimum absolute atomic E-state index is 0.0436. The molecule has 0 radical (unpaired) electrons. The van der Waals surface area contributed by atoms with Gasteiger partial charge in [-0.1, -0.05) is 48.3 Å². The molecule has 1 aliphatic rings. The highest BCUT2D eigenvalue weighted by molar-refractivity contribution is 6.40. The van der Waals surface area contributed by atoms with Gasteiger partial charge in [-0.25, -0.2) is 9.69 Å². The van der Waals surface area contributed by atoms with Gasteiger partial charge >= 0.3 is 6.03 Å². The molecular weight excluding hydrogens is 585 g/mol. The van der Waals surface area contributed by atoms with Crippen LogP contribution in [-0.4, -0.2) is 44.1 Å². The highest BCUT2D eigenvalue weighted by Crippen LogP contribution is 2.36. The molecule has 42 heavy (non-hydrogen) atoms. The summed E-state index contributed by atoms with van der Waals surface area (Å²) in [6.07, 6.45) is 2.03. The number of nitrogens with zero attached hydrogens (tertiary/aromatic N) is 1. The molecule has 3 aromatic rings. The number of hydrogen-bond donors (Lipinski definition) is 2. The fraction of sp³-hybridized carbons (Fsp3) is 0.200. The Morgan fingerprint density at radius 3 is 2.38 bits per heavy atom. The SMILES string of the molecule is CCCOc1ccc(N2C(=O)NC(=O)/C(=C/c3cc(Cl)c(OCC(=O)Nc4ccccc4C)c(Cl)c3)C2=O)cc1OC. The Morgan fingerprint density at radius 1 is 1.00 bits per heavy atom. The Balaban J connectivity index is 1.54. The van der Waals surface area contributed by atoms with E-state index in [0.29, 0.717) is 23.8 Å². The van der Waals surface area contributed by atoms with E-state index >= 15 is 0 Å². The second-order valence-electron chi connectivity index (χ2n) is 9.11. The van der Waals surface area contributed by atoms with Crippen LogP contribution in [0.5, 0.6) is 17.2 Å². The fourth-order valence-corrected chi connectivity index (χ4v) is 4.64. The van der Waals surface area contributed by atoms with Gasteiger partial charge in [0.2, 0.25) is 0 Å². The standard InChI is InChI=1S/C30H27Cl2N3O7/c1-4-11-41-24-10-9-19(15-25(24)40-3)35-29(38)20(28(37)34-30(35)39)12-18-13-21(31)27(22(32)14-18)42-16-26(36)33-23-8-6-5-7-17(23)2/h5-10,12-15H,4,11,16H2,1-3H3,(H,33,36)(H,34,37,39)/b20-12-. The third-order valence-electron chi connectivity index (χ3n) is 6.07. The first-order chi connectivity index (χ1) is 20.1. The van der Waals surface area contributed by atoms with Gasteiger partial charge in [0.1, 0.15) is 5.57 Å². The number of aryl methyl sites for hydroxylation is 1. The van der Waals surface area contributed by atoms with Gasteiger partial charge in [-0.15, -0.1) is 0 Å². The molecule has 218 valence electrons. The summed E-state index contributed by atoms with van der Waals surface area (Å²) in [5.41, 5.74) is 1.65. The van der Waals surface area contributed by atoms with E-state index in [1.165, 1.54) is 37.5 Å². The summed E-state index contributed by atoms with van der Waals surface area (Å²) in [6.45, 7) is 3.91. The lowest BCUT2D eigenvalue weighted by atomic mass is 10.1. The van der Waals surface area contributed by atoms with Crippen molar-refractivity contribution in [2.45, 2.75) is 20.3 Å². The number of amides is 5. The second-order valence-corrected chi connectivity index (χ2v) is 9.92. The van der Waals surface area contributed by atoms with Crippen molar-refractivity contribution in [1.82, 2.24) is 5.32 Å². The number of methoxy groups -OCH3 is 1. The number of benzene rings is 3. The molecule has 12 heteroatoms. The van der Waals surface area contributed by atoms with Crippen LogP contribution in [0.2, 0.25) is 10.0 Å². The number of carbonyl (C=O) groups is 4. The van der Waals surface area contributed by atoms with Crippen molar-refractivity contribution in [3.8, 4) is 17.2 Å². The Hall–Kier alpha value is -4.54. The van der Waals surface area contributed by atoms with Gasteiger partial charge < -0.3 is 19.5 Å². The fourth-order valence-electron chi connectivity index (χ4n) is 4.02. The second kappa shape index (κ2) is 13.4.